The minimum Gasteiger partial charge on any atom is -0.543 e. The molecular weight excluding hydrogens is 869 g/mol. The Balaban J connectivity index is 2.55. The molecule has 2 aromatic rings. The van der Waals surface area contributed by atoms with Crippen LogP contribution in [-0.4, -0.2) is 53.7 Å². The summed E-state index contributed by atoms with van der Waals surface area (Å²) in [5.41, 5.74) is 2.50. The zero-order chi connectivity index (χ0) is 49.1. The fourth-order valence-electron chi connectivity index (χ4n) is 5.53. The van der Waals surface area contributed by atoms with E-state index in [1.54, 1.807) is 6.08 Å². The van der Waals surface area contributed by atoms with E-state index >= 15 is 0 Å². The van der Waals surface area contributed by atoms with Crippen molar-refractivity contribution in [2.24, 2.45) is 0 Å². The Bertz CT molecular complexity index is 1950. The van der Waals surface area contributed by atoms with Gasteiger partial charge in [-0.25, -0.2) is 4.79 Å². The lowest BCUT2D eigenvalue weighted by atomic mass is 9.93. The summed E-state index contributed by atoms with van der Waals surface area (Å²) in [5.74, 6) is 3.59. The number of hydrogen-bond donors (Lipinski definition) is 0. The first-order valence-electron chi connectivity index (χ1n) is 23.1. The maximum atomic E-state index is 13.7. The minimum atomic E-state index is -2.47. The summed E-state index contributed by atoms with van der Waals surface area (Å²) in [6.07, 6.45) is 0.458. The summed E-state index contributed by atoms with van der Waals surface area (Å²) in [5, 5.41) is -0.420. The molecule has 0 N–H and O–H groups in total. The molecule has 2 atom stereocenters. The third-order valence-corrected chi connectivity index (χ3v) is 36.8. The van der Waals surface area contributed by atoms with Crippen LogP contribution in [0.4, 0.5) is 0 Å². The van der Waals surface area contributed by atoms with E-state index in [1.165, 1.54) is 0 Å². The van der Waals surface area contributed by atoms with Gasteiger partial charge >= 0.3 is 5.97 Å². The molecule has 0 saturated heterocycles. The molecule has 1 aliphatic heterocycles. The van der Waals surface area contributed by atoms with Crippen LogP contribution in [0, 0.1) is 0 Å². The second-order valence-corrected chi connectivity index (χ2v) is 49.6. The molecule has 3 rings (SSSR count). The van der Waals surface area contributed by atoms with Gasteiger partial charge in [0, 0.05) is 35.8 Å². The molecule has 0 aliphatic carbocycles. The number of hydrogen-bond acceptors (Lipinski definition) is 8. The number of benzene rings is 2. The average Bonchev–Trinajstić information content (AvgIpc) is 3.02. The standard InChI is InChI=1S/C50H90O8Si5/c1-34(2)28-43(51)52-40-33-37-38(31-36(54-59(18,19)46(3,4)5)32-39(37)55-60(20,21)47(6,7)8)53-44(40)35-29-41(56-61(22,23)48(9,10)11)45(58-63(26,27)50(15,16)17)42(30-35)57-62(24,25)49(12,13)14/h28-32,40,44H,33H2,1-27H3/t40-,44-/m1/s1. The summed E-state index contributed by atoms with van der Waals surface area (Å²) >= 11 is 0. The van der Waals surface area contributed by atoms with Crippen LogP contribution in [0.25, 0.3) is 0 Å². The van der Waals surface area contributed by atoms with Gasteiger partial charge in [-0.3, -0.25) is 0 Å². The minimum absolute atomic E-state index is 0.0354. The van der Waals surface area contributed by atoms with Crippen LogP contribution in [0.2, 0.25) is 90.7 Å². The lowest BCUT2D eigenvalue weighted by molar-refractivity contribution is -0.149. The normalized spacial score (nSPS) is 17.3. The van der Waals surface area contributed by atoms with E-state index in [0.29, 0.717) is 29.4 Å². The van der Waals surface area contributed by atoms with Crippen LogP contribution < -0.4 is 26.9 Å². The Kier molecular flexibility index (Phi) is 15.7. The number of carbonyl (C=O) groups is 1. The Morgan fingerprint density at radius 3 is 1.29 bits per heavy atom. The van der Waals surface area contributed by atoms with Crippen LogP contribution >= 0.6 is 0 Å². The van der Waals surface area contributed by atoms with Crippen molar-refractivity contribution in [3.8, 4) is 34.5 Å². The number of esters is 1. The zero-order valence-electron chi connectivity index (χ0n) is 45.0. The summed E-state index contributed by atoms with van der Waals surface area (Å²) < 4.78 is 49.9. The average molecular weight is 960 g/mol. The monoisotopic (exact) mass is 959 g/mol. The molecule has 2 aromatic carbocycles. The van der Waals surface area contributed by atoms with Gasteiger partial charge in [-0.05, 0) is 117 Å². The van der Waals surface area contributed by atoms with E-state index in [4.69, 9.17) is 31.6 Å². The van der Waals surface area contributed by atoms with Gasteiger partial charge in [0.25, 0.3) is 25.0 Å². The molecule has 1 heterocycles. The topological polar surface area (TPSA) is 81.7 Å². The van der Waals surface area contributed by atoms with Crippen LogP contribution in [0.5, 0.6) is 34.5 Å². The molecule has 8 nitrogen and oxygen atoms in total. The second-order valence-electron chi connectivity index (χ2n) is 26.0. The van der Waals surface area contributed by atoms with Crippen molar-refractivity contribution in [3.63, 3.8) is 0 Å². The van der Waals surface area contributed by atoms with Crippen molar-refractivity contribution < 1.29 is 36.4 Å². The summed E-state index contributed by atoms with van der Waals surface area (Å²) in [7, 11) is -12.0. The van der Waals surface area contributed by atoms with E-state index in [1.807, 2.05) is 26.0 Å². The molecular formula is C50H90O8Si5. The van der Waals surface area contributed by atoms with Crippen molar-refractivity contribution in [2.75, 3.05) is 0 Å². The van der Waals surface area contributed by atoms with Crippen molar-refractivity contribution in [3.05, 3.63) is 47.0 Å². The van der Waals surface area contributed by atoms with E-state index in [2.05, 4.69) is 181 Å². The SMILES string of the molecule is CC(C)=CC(=O)O[C@@H]1Cc2c(cc(O[Si](C)(C)C(C)(C)C)cc2O[Si](C)(C)C(C)(C)C)O[C@@H]1c1cc(O[Si](C)(C)C(C)(C)C)c(O[Si](C)(C)C(C)(C)C)c(O[Si](C)(C)C(C)(C)C)c1. The summed E-state index contributed by atoms with van der Waals surface area (Å²) in [4.78, 5) is 13.7. The highest BCUT2D eigenvalue weighted by molar-refractivity contribution is 6.77. The van der Waals surface area contributed by atoms with Crippen molar-refractivity contribution in [2.45, 2.75) is 227 Å². The Hall–Kier alpha value is -2.47. The van der Waals surface area contributed by atoms with Gasteiger partial charge in [0.2, 0.25) is 16.6 Å². The Morgan fingerprint density at radius 2 is 0.905 bits per heavy atom. The summed E-state index contributed by atoms with van der Waals surface area (Å²) in [6.45, 7) is 60.1. The van der Waals surface area contributed by atoms with E-state index in [0.717, 1.165) is 28.2 Å². The van der Waals surface area contributed by atoms with E-state index in [-0.39, 0.29) is 25.2 Å². The second kappa shape index (κ2) is 18.0. The lowest BCUT2D eigenvalue weighted by Gasteiger charge is -2.42. The predicted molar refractivity (Wildman–Crippen MR) is 278 cm³/mol. The maximum absolute atomic E-state index is 13.7. The first kappa shape index (κ1) is 54.9. The van der Waals surface area contributed by atoms with Gasteiger partial charge in [-0.15, -0.1) is 0 Å². The largest absolute Gasteiger partial charge is 0.543 e. The molecule has 0 spiro atoms. The van der Waals surface area contributed by atoms with Crippen molar-refractivity contribution >= 4 is 47.6 Å². The van der Waals surface area contributed by atoms with Crippen molar-refractivity contribution in [1.82, 2.24) is 0 Å². The van der Waals surface area contributed by atoms with Gasteiger partial charge in [0.15, 0.2) is 11.9 Å². The van der Waals surface area contributed by atoms with Crippen LogP contribution in [-0.2, 0) is 16.0 Å². The lowest BCUT2D eigenvalue weighted by Crippen LogP contribution is -2.47. The van der Waals surface area contributed by atoms with Gasteiger partial charge in [0.1, 0.15) is 34.9 Å². The van der Waals surface area contributed by atoms with Gasteiger partial charge in [-0.1, -0.05) is 109 Å². The van der Waals surface area contributed by atoms with Crippen LogP contribution in [0.1, 0.15) is 135 Å². The summed E-state index contributed by atoms with van der Waals surface area (Å²) in [6, 6.07) is 8.20. The first-order chi connectivity index (χ1) is 27.8. The number of rotatable bonds is 13. The highest BCUT2D eigenvalue weighted by Crippen LogP contribution is 2.53. The molecule has 1 aliphatic rings. The predicted octanol–water partition coefficient (Wildman–Crippen LogP) is 16.2. The van der Waals surface area contributed by atoms with Gasteiger partial charge in [0.05, 0.1) is 0 Å². The number of carbonyl (C=O) groups excluding carboxylic acids is 1. The van der Waals surface area contributed by atoms with Crippen LogP contribution in [0.15, 0.2) is 35.9 Å². The fraction of sp³-hybridized carbons (Fsp3) is 0.700. The third-order valence-electron chi connectivity index (χ3n) is 15.0. The Labute approximate surface area is 390 Å². The van der Waals surface area contributed by atoms with Gasteiger partial charge in [-0.2, -0.15) is 0 Å². The molecule has 0 bridgehead atoms. The van der Waals surface area contributed by atoms with E-state index in [9.17, 15) is 4.79 Å². The molecule has 13 heteroatoms. The molecule has 0 amide bonds. The van der Waals surface area contributed by atoms with E-state index < -0.39 is 59.8 Å². The van der Waals surface area contributed by atoms with Gasteiger partial charge < -0.3 is 31.6 Å². The van der Waals surface area contributed by atoms with Crippen LogP contribution in [0.3, 0.4) is 0 Å². The molecule has 0 fully saturated rings. The molecule has 0 radical (unpaired) electrons. The molecule has 0 aromatic heterocycles. The first-order valence-corrected chi connectivity index (χ1v) is 37.7. The Morgan fingerprint density at radius 1 is 0.540 bits per heavy atom. The van der Waals surface area contributed by atoms with Crippen molar-refractivity contribution in [1.29, 1.82) is 0 Å². The quantitative estimate of drug-likeness (QED) is 0.112. The third kappa shape index (κ3) is 12.9. The molecule has 358 valence electrons. The molecule has 0 saturated carbocycles. The smallest absolute Gasteiger partial charge is 0.331 e. The maximum Gasteiger partial charge on any atom is 0.331 e. The number of ether oxygens (including phenoxy) is 2. The number of allylic oxidation sites excluding steroid dienone is 1. The highest BCUT2D eigenvalue weighted by atomic mass is 28.4. The molecule has 63 heavy (non-hydrogen) atoms. The number of fused-ring (bicyclic) bond motifs is 1. The fourth-order valence-corrected chi connectivity index (χ4v) is 10.6. The highest BCUT2D eigenvalue weighted by Gasteiger charge is 2.48. The molecule has 0 unspecified atom stereocenters. The zero-order valence-corrected chi connectivity index (χ0v) is 50.0.